The van der Waals surface area contributed by atoms with Crippen molar-refractivity contribution in [3.05, 3.63) is 46.4 Å². The lowest BCUT2D eigenvalue weighted by Gasteiger charge is -2.32. The summed E-state index contributed by atoms with van der Waals surface area (Å²) in [5, 5.41) is 11.0. The summed E-state index contributed by atoms with van der Waals surface area (Å²) in [6.45, 7) is 3.01. The number of carboxylic acids is 1. The number of halogens is 1. The summed E-state index contributed by atoms with van der Waals surface area (Å²) in [6, 6.07) is 11.2. The summed E-state index contributed by atoms with van der Waals surface area (Å²) < 4.78 is 0.783. The van der Waals surface area contributed by atoms with Gasteiger partial charge in [-0.3, -0.25) is 4.79 Å². The van der Waals surface area contributed by atoms with Crippen molar-refractivity contribution in [3.8, 4) is 0 Å². The molecule has 2 aromatic rings. The third-order valence-corrected chi connectivity index (χ3v) is 4.18. The summed E-state index contributed by atoms with van der Waals surface area (Å²) in [4.78, 5) is 25.3. The van der Waals surface area contributed by atoms with Crippen molar-refractivity contribution in [3.63, 3.8) is 0 Å². The fraction of sp³-hybridized carbons (Fsp3) is 0.250. The molecule has 0 unspecified atom stereocenters. The molecule has 2 aromatic carbocycles. The van der Waals surface area contributed by atoms with Gasteiger partial charge >= 0.3 is 5.97 Å². The Bertz CT molecular complexity index is 725. The lowest BCUT2D eigenvalue weighted by Crippen LogP contribution is -2.50. The maximum atomic E-state index is 12.7. The van der Waals surface area contributed by atoms with Gasteiger partial charge < -0.3 is 10.0 Å². The fourth-order valence-corrected chi connectivity index (χ4v) is 2.50. The normalized spacial score (nSPS) is 11.4. The molecule has 0 spiro atoms. The van der Waals surface area contributed by atoms with Crippen molar-refractivity contribution in [1.29, 1.82) is 0 Å². The van der Waals surface area contributed by atoms with Gasteiger partial charge in [0.2, 0.25) is 0 Å². The Morgan fingerprint density at radius 3 is 2.43 bits per heavy atom. The van der Waals surface area contributed by atoms with Gasteiger partial charge in [0.15, 0.2) is 0 Å². The monoisotopic (exact) mass is 349 g/mol. The van der Waals surface area contributed by atoms with Crippen LogP contribution in [0, 0.1) is 0 Å². The van der Waals surface area contributed by atoms with Gasteiger partial charge in [0.05, 0.1) is 0 Å². The highest BCUT2D eigenvalue weighted by atomic mass is 79.9. The van der Waals surface area contributed by atoms with Crippen LogP contribution < -0.4 is 0 Å². The van der Waals surface area contributed by atoms with Crippen LogP contribution in [-0.2, 0) is 4.79 Å². The maximum Gasteiger partial charge on any atom is 0.329 e. The van der Waals surface area contributed by atoms with E-state index in [1.54, 1.807) is 6.07 Å². The van der Waals surface area contributed by atoms with E-state index in [2.05, 4.69) is 15.9 Å². The molecule has 2 rings (SSSR count). The number of carbonyl (C=O) groups is 2. The second-order valence-electron chi connectivity index (χ2n) is 5.40. The predicted molar refractivity (Wildman–Crippen MR) is 85.5 cm³/mol. The first-order valence-corrected chi connectivity index (χ1v) is 7.24. The molecule has 0 atom stereocenters. The Balaban J connectivity index is 2.56. The third kappa shape index (κ3) is 2.78. The number of nitrogens with zero attached hydrogens (tertiary/aromatic N) is 1. The molecule has 0 bridgehead atoms. The van der Waals surface area contributed by atoms with Gasteiger partial charge in [-0.25, -0.2) is 4.79 Å². The van der Waals surface area contributed by atoms with Crippen LogP contribution in [0.15, 0.2) is 40.9 Å². The van der Waals surface area contributed by atoms with E-state index in [1.165, 1.54) is 25.8 Å². The number of aliphatic carboxylic acids is 1. The highest BCUT2D eigenvalue weighted by Crippen LogP contribution is 2.27. The van der Waals surface area contributed by atoms with Crippen molar-refractivity contribution in [2.24, 2.45) is 0 Å². The summed E-state index contributed by atoms with van der Waals surface area (Å²) in [5.74, 6) is -1.36. The molecule has 0 saturated heterocycles. The molecule has 1 amide bonds. The van der Waals surface area contributed by atoms with Gasteiger partial charge in [-0.15, -0.1) is 0 Å². The maximum absolute atomic E-state index is 12.7. The Morgan fingerprint density at radius 2 is 1.81 bits per heavy atom. The summed E-state index contributed by atoms with van der Waals surface area (Å²) >= 11 is 3.39. The Morgan fingerprint density at radius 1 is 1.19 bits per heavy atom. The van der Waals surface area contributed by atoms with Gasteiger partial charge in [0.25, 0.3) is 5.91 Å². The zero-order valence-electron chi connectivity index (χ0n) is 12.1. The van der Waals surface area contributed by atoms with Crippen molar-refractivity contribution in [2.75, 3.05) is 7.05 Å². The topological polar surface area (TPSA) is 57.6 Å². The van der Waals surface area contributed by atoms with Crippen LogP contribution in [0.25, 0.3) is 10.8 Å². The molecule has 0 aromatic heterocycles. The third-order valence-electron chi connectivity index (χ3n) is 3.72. The fourth-order valence-electron chi connectivity index (χ4n) is 2.03. The van der Waals surface area contributed by atoms with E-state index >= 15 is 0 Å². The van der Waals surface area contributed by atoms with Crippen LogP contribution in [0.1, 0.15) is 24.2 Å². The van der Waals surface area contributed by atoms with Crippen molar-refractivity contribution in [1.82, 2.24) is 4.90 Å². The second-order valence-corrected chi connectivity index (χ2v) is 6.32. The van der Waals surface area contributed by atoms with E-state index in [1.807, 2.05) is 30.3 Å². The van der Waals surface area contributed by atoms with Crippen LogP contribution >= 0.6 is 15.9 Å². The van der Waals surface area contributed by atoms with Crippen LogP contribution in [0.2, 0.25) is 0 Å². The SMILES string of the molecule is CN(C(=O)c1cc(Br)cc2ccccc12)C(C)(C)C(=O)O. The lowest BCUT2D eigenvalue weighted by molar-refractivity contribution is -0.147. The minimum Gasteiger partial charge on any atom is -0.480 e. The zero-order valence-corrected chi connectivity index (χ0v) is 13.6. The van der Waals surface area contributed by atoms with E-state index < -0.39 is 11.5 Å². The molecular weight excluding hydrogens is 334 g/mol. The van der Waals surface area contributed by atoms with Gasteiger partial charge in [-0.05, 0) is 36.8 Å². The average molecular weight is 350 g/mol. The number of benzene rings is 2. The second kappa shape index (κ2) is 5.48. The van der Waals surface area contributed by atoms with E-state index in [4.69, 9.17) is 0 Å². The van der Waals surface area contributed by atoms with E-state index in [0.717, 1.165) is 15.2 Å². The molecular formula is C16H16BrNO3. The first kappa shape index (κ1) is 15.5. The van der Waals surface area contributed by atoms with Crippen LogP contribution in [-0.4, -0.2) is 34.5 Å². The molecule has 110 valence electrons. The number of carboxylic acid groups (broad SMARTS) is 1. The number of hydrogen-bond acceptors (Lipinski definition) is 2. The first-order valence-electron chi connectivity index (χ1n) is 6.45. The van der Waals surface area contributed by atoms with Crippen LogP contribution in [0.4, 0.5) is 0 Å². The number of carbonyl (C=O) groups excluding carboxylic acids is 1. The minimum atomic E-state index is -1.28. The van der Waals surface area contributed by atoms with Crippen LogP contribution in [0.5, 0.6) is 0 Å². The van der Waals surface area contributed by atoms with Crippen molar-refractivity contribution in [2.45, 2.75) is 19.4 Å². The number of rotatable bonds is 3. The zero-order chi connectivity index (χ0) is 15.8. The Labute approximate surface area is 131 Å². The molecule has 0 aliphatic carbocycles. The molecule has 0 radical (unpaired) electrons. The molecule has 5 heteroatoms. The van der Waals surface area contributed by atoms with E-state index in [9.17, 15) is 14.7 Å². The smallest absolute Gasteiger partial charge is 0.329 e. The number of fused-ring (bicyclic) bond motifs is 1. The van der Waals surface area contributed by atoms with Crippen molar-refractivity contribution >= 4 is 38.6 Å². The highest BCUT2D eigenvalue weighted by molar-refractivity contribution is 9.10. The standard InChI is InChI=1S/C16H16BrNO3/c1-16(2,15(20)21)18(3)14(19)13-9-11(17)8-10-6-4-5-7-12(10)13/h4-9H,1-3H3,(H,20,21). The molecule has 21 heavy (non-hydrogen) atoms. The molecule has 0 aliphatic heterocycles. The number of likely N-dealkylation sites (N-methyl/N-ethyl adjacent to an activating group) is 1. The molecule has 0 aliphatic rings. The van der Waals surface area contributed by atoms with Gasteiger partial charge in [-0.2, -0.15) is 0 Å². The first-order chi connectivity index (χ1) is 9.75. The summed E-state index contributed by atoms with van der Waals surface area (Å²) in [7, 11) is 1.51. The van der Waals surface area contributed by atoms with Gasteiger partial charge in [-0.1, -0.05) is 40.2 Å². The molecule has 4 nitrogen and oxygen atoms in total. The Kier molecular flexibility index (Phi) is 4.05. The number of amides is 1. The minimum absolute atomic E-state index is 0.320. The van der Waals surface area contributed by atoms with Gasteiger partial charge in [0, 0.05) is 17.1 Å². The Hall–Kier alpha value is -1.88. The van der Waals surface area contributed by atoms with Gasteiger partial charge in [0.1, 0.15) is 5.54 Å². The van der Waals surface area contributed by atoms with Crippen LogP contribution in [0.3, 0.4) is 0 Å². The molecule has 0 saturated carbocycles. The summed E-state index contributed by atoms with van der Waals surface area (Å²) in [6.07, 6.45) is 0. The van der Waals surface area contributed by atoms with Crippen molar-refractivity contribution < 1.29 is 14.7 Å². The number of hydrogen-bond donors (Lipinski definition) is 1. The quantitative estimate of drug-likeness (QED) is 0.921. The predicted octanol–water partition coefficient (Wildman–Crippen LogP) is 3.54. The van der Waals surface area contributed by atoms with E-state index in [0.29, 0.717) is 5.56 Å². The average Bonchev–Trinajstić information content (AvgIpc) is 2.44. The molecule has 1 N–H and O–H groups in total. The van der Waals surface area contributed by atoms with E-state index in [-0.39, 0.29) is 5.91 Å². The molecule has 0 heterocycles. The summed E-state index contributed by atoms with van der Waals surface area (Å²) in [5.41, 5.74) is -0.794. The highest BCUT2D eigenvalue weighted by Gasteiger charge is 2.36. The lowest BCUT2D eigenvalue weighted by atomic mass is 9.99. The largest absolute Gasteiger partial charge is 0.480 e. The molecule has 0 fully saturated rings.